The third-order valence-corrected chi connectivity index (χ3v) is 4.12. The average molecular weight is 362 g/mol. The summed E-state index contributed by atoms with van der Waals surface area (Å²) in [6, 6.07) is 4.68. The Morgan fingerprint density at radius 2 is 2.10 bits per heavy atom. The van der Waals surface area contributed by atoms with Gasteiger partial charge in [-0.2, -0.15) is 0 Å². The topological polar surface area (TPSA) is 78.4 Å². The van der Waals surface area contributed by atoms with Crippen LogP contribution in [0.25, 0.3) is 0 Å². The van der Waals surface area contributed by atoms with Crippen molar-refractivity contribution in [2.75, 3.05) is 5.32 Å². The Bertz CT molecular complexity index is 538. The molecule has 0 radical (unpaired) electrons. The van der Waals surface area contributed by atoms with Crippen LogP contribution in [-0.4, -0.2) is 23.1 Å². The fourth-order valence-corrected chi connectivity index (χ4v) is 2.80. The highest BCUT2D eigenvalue weighted by Crippen LogP contribution is 2.27. The third kappa shape index (κ3) is 3.86. The molecule has 0 aliphatic heterocycles. The van der Waals surface area contributed by atoms with Crippen LogP contribution in [0.2, 0.25) is 5.02 Å². The molecular formula is C13H14BrClN2O3. The van der Waals surface area contributed by atoms with Crippen LogP contribution in [0.15, 0.2) is 22.7 Å². The van der Waals surface area contributed by atoms with Crippen molar-refractivity contribution in [3.05, 3.63) is 27.7 Å². The maximum atomic E-state index is 11.9. The number of carboxylic acids is 1. The summed E-state index contributed by atoms with van der Waals surface area (Å²) in [5.74, 6) is -1.17. The lowest BCUT2D eigenvalue weighted by Crippen LogP contribution is -2.36. The molecule has 0 aromatic heterocycles. The summed E-state index contributed by atoms with van der Waals surface area (Å²) in [7, 11) is 0. The molecular weight excluding hydrogens is 348 g/mol. The Balaban J connectivity index is 1.90. The van der Waals surface area contributed by atoms with Gasteiger partial charge in [0, 0.05) is 10.5 Å². The number of halogens is 2. The Morgan fingerprint density at radius 3 is 2.75 bits per heavy atom. The second-order valence-electron chi connectivity index (χ2n) is 4.77. The van der Waals surface area contributed by atoms with Crippen molar-refractivity contribution >= 4 is 45.2 Å². The summed E-state index contributed by atoms with van der Waals surface area (Å²) in [6.45, 7) is 0. The van der Waals surface area contributed by atoms with Crippen LogP contribution < -0.4 is 10.6 Å². The van der Waals surface area contributed by atoms with Gasteiger partial charge >= 0.3 is 12.0 Å². The van der Waals surface area contributed by atoms with E-state index in [2.05, 4.69) is 26.6 Å². The molecule has 20 heavy (non-hydrogen) atoms. The second kappa shape index (κ2) is 6.45. The van der Waals surface area contributed by atoms with E-state index in [-0.39, 0.29) is 18.0 Å². The van der Waals surface area contributed by atoms with Gasteiger partial charge < -0.3 is 15.7 Å². The first-order chi connectivity index (χ1) is 9.45. The number of carboxylic acid groups (broad SMARTS) is 1. The van der Waals surface area contributed by atoms with Gasteiger partial charge in [0.05, 0.1) is 16.6 Å². The van der Waals surface area contributed by atoms with Crippen molar-refractivity contribution in [2.24, 2.45) is 5.92 Å². The highest BCUT2D eigenvalue weighted by molar-refractivity contribution is 9.10. The van der Waals surface area contributed by atoms with E-state index >= 15 is 0 Å². The van der Waals surface area contributed by atoms with Crippen molar-refractivity contribution in [3.8, 4) is 0 Å². The highest BCUT2D eigenvalue weighted by atomic mass is 79.9. The molecule has 2 unspecified atom stereocenters. The van der Waals surface area contributed by atoms with E-state index in [0.29, 0.717) is 30.0 Å². The molecule has 0 spiro atoms. The molecule has 1 saturated carbocycles. The van der Waals surface area contributed by atoms with Gasteiger partial charge in [-0.1, -0.05) is 27.5 Å². The Kier molecular flexibility index (Phi) is 4.88. The molecule has 1 fully saturated rings. The summed E-state index contributed by atoms with van der Waals surface area (Å²) in [5, 5.41) is 14.8. The van der Waals surface area contributed by atoms with E-state index in [1.165, 1.54) is 0 Å². The first-order valence-corrected chi connectivity index (χ1v) is 7.38. The van der Waals surface area contributed by atoms with E-state index in [1.54, 1.807) is 18.2 Å². The number of benzene rings is 1. The number of carbonyl (C=O) groups is 2. The largest absolute Gasteiger partial charge is 0.481 e. The quantitative estimate of drug-likeness (QED) is 0.771. The van der Waals surface area contributed by atoms with Gasteiger partial charge in [0.25, 0.3) is 0 Å². The molecule has 1 aliphatic carbocycles. The molecule has 0 saturated heterocycles. The minimum absolute atomic E-state index is 0.109. The van der Waals surface area contributed by atoms with Crippen LogP contribution in [0, 0.1) is 5.92 Å². The van der Waals surface area contributed by atoms with Crippen LogP contribution in [0.1, 0.15) is 19.3 Å². The Labute approximate surface area is 129 Å². The number of hydrogen-bond acceptors (Lipinski definition) is 2. The van der Waals surface area contributed by atoms with Crippen LogP contribution >= 0.6 is 27.5 Å². The lowest BCUT2D eigenvalue weighted by Gasteiger charge is -2.14. The molecule has 0 bridgehead atoms. The van der Waals surface area contributed by atoms with Gasteiger partial charge in [0.1, 0.15) is 0 Å². The normalized spacial score (nSPS) is 21.5. The van der Waals surface area contributed by atoms with Gasteiger partial charge in [-0.3, -0.25) is 4.79 Å². The number of hydrogen-bond donors (Lipinski definition) is 3. The van der Waals surface area contributed by atoms with Gasteiger partial charge in [0.2, 0.25) is 0 Å². The molecule has 3 N–H and O–H groups in total. The molecule has 108 valence electrons. The van der Waals surface area contributed by atoms with Gasteiger partial charge in [-0.25, -0.2) is 4.79 Å². The number of urea groups is 1. The number of amides is 2. The van der Waals surface area contributed by atoms with Crippen LogP contribution in [0.4, 0.5) is 10.5 Å². The maximum Gasteiger partial charge on any atom is 0.319 e. The standard InChI is InChI=1S/C13H14BrClN2O3/c14-8-2-4-10(15)11(6-8)17-13(20)16-9-3-1-7(5-9)12(18)19/h2,4,6-7,9H,1,3,5H2,(H,18,19)(H2,16,17,20). The molecule has 0 heterocycles. The zero-order valence-electron chi connectivity index (χ0n) is 10.5. The molecule has 2 amide bonds. The predicted molar refractivity (Wildman–Crippen MR) is 80.1 cm³/mol. The summed E-state index contributed by atoms with van der Waals surface area (Å²) in [4.78, 5) is 22.7. The average Bonchev–Trinajstić information content (AvgIpc) is 2.82. The SMILES string of the molecule is O=C(Nc1cc(Br)ccc1Cl)NC1CCC(C(=O)O)C1. The lowest BCUT2D eigenvalue weighted by atomic mass is 10.1. The minimum atomic E-state index is -0.801. The van der Waals surface area contributed by atoms with Crippen molar-refractivity contribution in [1.29, 1.82) is 0 Å². The van der Waals surface area contributed by atoms with Crippen molar-refractivity contribution < 1.29 is 14.7 Å². The summed E-state index contributed by atoms with van der Waals surface area (Å²) in [6.07, 6.45) is 1.74. The molecule has 2 atom stereocenters. The fraction of sp³-hybridized carbons (Fsp3) is 0.385. The van der Waals surface area contributed by atoms with E-state index in [1.807, 2.05) is 0 Å². The van der Waals surface area contributed by atoms with Crippen molar-refractivity contribution in [3.63, 3.8) is 0 Å². The zero-order valence-corrected chi connectivity index (χ0v) is 12.9. The second-order valence-corrected chi connectivity index (χ2v) is 6.09. The van der Waals surface area contributed by atoms with Gasteiger partial charge in [0.15, 0.2) is 0 Å². The van der Waals surface area contributed by atoms with Crippen LogP contribution in [-0.2, 0) is 4.79 Å². The Morgan fingerprint density at radius 1 is 1.35 bits per heavy atom. The highest BCUT2D eigenvalue weighted by Gasteiger charge is 2.30. The molecule has 1 aliphatic rings. The number of aliphatic carboxylic acids is 1. The van der Waals surface area contributed by atoms with Crippen molar-refractivity contribution in [1.82, 2.24) is 5.32 Å². The van der Waals surface area contributed by atoms with Gasteiger partial charge in [-0.15, -0.1) is 0 Å². The third-order valence-electron chi connectivity index (χ3n) is 3.29. The van der Waals surface area contributed by atoms with Crippen molar-refractivity contribution in [2.45, 2.75) is 25.3 Å². The molecule has 1 aromatic carbocycles. The van der Waals surface area contributed by atoms with Gasteiger partial charge in [-0.05, 0) is 37.5 Å². The van der Waals surface area contributed by atoms with E-state index in [4.69, 9.17) is 16.7 Å². The minimum Gasteiger partial charge on any atom is -0.481 e. The first kappa shape index (κ1) is 15.1. The Hall–Kier alpha value is -1.27. The summed E-state index contributed by atoms with van der Waals surface area (Å²) < 4.78 is 0.809. The molecule has 7 heteroatoms. The monoisotopic (exact) mass is 360 g/mol. The molecule has 5 nitrogen and oxygen atoms in total. The number of rotatable bonds is 3. The smallest absolute Gasteiger partial charge is 0.319 e. The summed E-state index contributed by atoms with van der Waals surface area (Å²) >= 11 is 9.28. The van der Waals surface area contributed by atoms with Crippen LogP contribution in [0.3, 0.4) is 0 Å². The van der Waals surface area contributed by atoms with E-state index in [9.17, 15) is 9.59 Å². The van der Waals surface area contributed by atoms with E-state index < -0.39 is 5.97 Å². The summed E-state index contributed by atoms with van der Waals surface area (Å²) in [5.41, 5.74) is 0.506. The first-order valence-electron chi connectivity index (χ1n) is 6.21. The number of carbonyl (C=O) groups excluding carboxylic acids is 1. The number of anilines is 1. The zero-order chi connectivity index (χ0) is 14.7. The predicted octanol–water partition coefficient (Wildman–Crippen LogP) is 3.48. The van der Waals surface area contributed by atoms with E-state index in [0.717, 1.165) is 4.47 Å². The van der Waals surface area contributed by atoms with Crippen LogP contribution in [0.5, 0.6) is 0 Å². The fourth-order valence-electron chi connectivity index (χ4n) is 2.27. The lowest BCUT2D eigenvalue weighted by molar-refractivity contribution is -0.141. The number of nitrogens with one attached hydrogen (secondary N) is 2. The molecule has 2 rings (SSSR count). The maximum absolute atomic E-state index is 11.9. The molecule has 1 aromatic rings.